The van der Waals surface area contributed by atoms with Gasteiger partial charge in [-0.25, -0.2) is 9.07 Å². The molecule has 0 aliphatic rings. The first-order valence-corrected chi connectivity index (χ1v) is 12.6. The van der Waals surface area contributed by atoms with E-state index in [1.54, 1.807) is 24.4 Å². The SMILES string of the molecule is O=C(Cc1cccc(OC(F)(F)F)c1)Nc1nnc(CCC(F)Cn2cc(C(=O)NCc3ccccn3)nn2)s1. The molecule has 1 atom stereocenters. The van der Waals surface area contributed by atoms with Crippen LogP contribution in [0.3, 0.4) is 0 Å². The van der Waals surface area contributed by atoms with Crippen molar-refractivity contribution in [3.63, 3.8) is 0 Å². The Bertz CT molecular complexity index is 1430. The van der Waals surface area contributed by atoms with Gasteiger partial charge in [0.05, 0.1) is 31.4 Å². The second-order valence-electron chi connectivity index (χ2n) is 8.39. The molecule has 0 saturated heterocycles. The van der Waals surface area contributed by atoms with E-state index in [0.717, 1.165) is 23.5 Å². The Morgan fingerprint density at radius 1 is 1.10 bits per heavy atom. The number of hydrogen-bond donors (Lipinski definition) is 2. The van der Waals surface area contributed by atoms with Crippen LogP contribution >= 0.6 is 11.3 Å². The number of amides is 2. The Kier molecular flexibility index (Phi) is 9.31. The second kappa shape index (κ2) is 13.1. The summed E-state index contributed by atoms with van der Waals surface area (Å²) < 4.78 is 56.8. The van der Waals surface area contributed by atoms with Crippen LogP contribution in [0.2, 0.25) is 0 Å². The van der Waals surface area contributed by atoms with Crippen molar-refractivity contribution in [1.82, 2.24) is 35.5 Å². The van der Waals surface area contributed by atoms with E-state index >= 15 is 0 Å². The summed E-state index contributed by atoms with van der Waals surface area (Å²) in [5.41, 5.74) is 1.04. The predicted molar refractivity (Wildman–Crippen MR) is 134 cm³/mol. The van der Waals surface area contributed by atoms with E-state index in [4.69, 9.17) is 0 Å². The third-order valence-electron chi connectivity index (χ3n) is 5.19. The van der Waals surface area contributed by atoms with Crippen LogP contribution in [0.5, 0.6) is 5.75 Å². The van der Waals surface area contributed by atoms with Gasteiger partial charge in [0.25, 0.3) is 5.91 Å². The van der Waals surface area contributed by atoms with Crippen LogP contribution in [0.15, 0.2) is 54.9 Å². The standard InChI is InChI=1S/C24H22F4N8O3S/c25-16(13-36-14-19(32-35-36)22(38)30-12-17-5-1-2-9-29-17)7-8-21-33-34-23(40-21)31-20(37)11-15-4-3-6-18(10-15)39-24(26,27)28/h1-6,9-10,14,16H,7-8,11-13H2,(H,30,38)(H,31,34,37). The zero-order valence-electron chi connectivity index (χ0n) is 20.6. The first-order valence-electron chi connectivity index (χ1n) is 11.8. The number of alkyl halides is 4. The highest BCUT2D eigenvalue weighted by Gasteiger charge is 2.31. The maximum Gasteiger partial charge on any atom is 0.573 e. The fourth-order valence-corrected chi connectivity index (χ4v) is 4.21. The number of rotatable bonds is 12. The number of benzene rings is 1. The van der Waals surface area contributed by atoms with Gasteiger partial charge in [0.2, 0.25) is 11.0 Å². The normalized spacial score (nSPS) is 12.1. The number of carbonyl (C=O) groups is 2. The average Bonchev–Trinajstić information content (AvgIpc) is 3.55. The predicted octanol–water partition coefficient (Wildman–Crippen LogP) is 3.51. The van der Waals surface area contributed by atoms with Gasteiger partial charge in [-0.15, -0.1) is 28.5 Å². The van der Waals surface area contributed by atoms with Crippen molar-refractivity contribution in [2.45, 2.75) is 44.9 Å². The topological polar surface area (TPSA) is 137 Å². The smallest absolute Gasteiger partial charge is 0.406 e. The molecule has 1 aromatic carbocycles. The minimum atomic E-state index is -4.84. The Labute approximate surface area is 228 Å². The molecule has 11 nitrogen and oxygen atoms in total. The molecule has 210 valence electrons. The lowest BCUT2D eigenvalue weighted by molar-refractivity contribution is -0.274. The summed E-state index contributed by atoms with van der Waals surface area (Å²) in [4.78, 5) is 28.6. The van der Waals surface area contributed by atoms with Crippen LogP contribution in [0.1, 0.15) is 33.2 Å². The lowest BCUT2D eigenvalue weighted by Gasteiger charge is -2.09. The number of aryl methyl sites for hydroxylation is 1. The molecule has 3 heterocycles. The van der Waals surface area contributed by atoms with E-state index < -0.39 is 30.1 Å². The van der Waals surface area contributed by atoms with Crippen LogP contribution in [-0.4, -0.2) is 54.5 Å². The Morgan fingerprint density at radius 2 is 1.95 bits per heavy atom. The number of halogens is 4. The molecule has 3 aromatic heterocycles. The average molecular weight is 579 g/mol. The van der Waals surface area contributed by atoms with Gasteiger partial charge in [-0.2, -0.15) is 0 Å². The van der Waals surface area contributed by atoms with Crippen molar-refractivity contribution in [3.8, 4) is 5.75 Å². The lowest BCUT2D eigenvalue weighted by atomic mass is 10.1. The molecule has 16 heteroatoms. The molecular weight excluding hydrogens is 556 g/mol. The molecule has 2 amide bonds. The number of carbonyl (C=O) groups excluding carboxylic acids is 2. The molecule has 0 radical (unpaired) electrons. The summed E-state index contributed by atoms with van der Waals surface area (Å²) in [6.07, 6.45) is -3.09. The quantitative estimate of drug-likeness (QED) is 0.244. The number of nitrogens with one attached hydrogen (secondary N) is 2. The fourth-order valence-electron chi connectivity index (χ4n) is 3.44. The van der Waals surface area contributed by atoms with Crippen molar-refractivity contribution in [2.75, 3.05) is 5.32 Å². The number of anilines is 1. The van der Waals surface area contributed by atoms with Gasteiger partial charge in [0, 0.05) is 12.6 Å². The summed E-state index contributed by atoms with van der Waals surface area (Å²) in [6, 6.07) is 10.4. The summed E-state index contributed by atoms with van der Waals surface area (Å²) >= 11 is 1.06. The molecule has 0 saturated carbocycles. The first-order chi connectivity index (χ1) is 19.1. The van der Waals surface area contributed by atoms with E-state index in [2.05, 4.69) is 40.9 Å². The maximum absolute atomic E-state index is 14.6. The molecule has 0 bridgehead atoms. The molecule has 0 aliphatic heterocycles. The van der Waals surface area contributed by atoms with Crippen LogP contribution < -0.4 is 15.4 Å². The van der Waals surface area contributed by atoms with Crippen LogP contribution in [0.25, 0.3) is 0 Å². The summed E-state index contributed by atoms with van der Waals surface area (Å²) in [5, 5.41) is 21.2. The van der Waals surface area contributed by atoms with Crippen LogP contribution in [-0.2, 0) is 30.7 Å². The largest absolute Gasteiger partial charge is 0.573 e. The Balaban J connectivity index is 1.20. The minimum absolute atomic E-state index is 0.0484. The molecule has 1 unspecified atom stereocenters. The highest BCUT2D eigenvalue weighted by molar-refractivity contribution is 7.15. The molecule has 0 fully saturated rings. The summed E-state index contributed by atoms with van der Waals surface area (Å²) in [5.74, 6) is -1.40. The molecule has 2 N–H and O–H groups in total. The van der Waals surface area contributed by atoms with E-state index in [0.29, 0.717) is 16.3 Å². The van der Waals surface area contributed by atoms with E-state index in [-0.39, 0.29) is 43.2 Å². The third kappa shape index (κ3) is 9.07. The van der Waals surface area contributed by atoms with Gasteiger partial charge >= 0.3 is 6.36 Å². The fraction of sp³-hybridized carbons (Fsp3) is 0.292. The van der Waals surface area contributed by atoms with E-state index in [9.17, 15) is 27.2 Å². The van der Waals surface area contributed by atoms with Crippen molar-refractivity contribution in [2.24, 2.45) is 0 Å². The van der Waals surface area contributed by atoms with Gasteiger partial charge in [-0.1, -0.05) is 34.7 Å². The van der Waals surface area contributed by atoms with Gasteiger partial charge in [0.1, 0.15) is 16.9 Å². The minimum Gasteiger partial charge on any atom is -0.406 e. The number of aromatic nitrogens is 6. The Hall–Kier alpha value is -4.47. The highest BCUT2D eigenvalue weighted by Crippen LogP contribution is 2.24. The second-order valence-corrected chi connectivity index (χ2v) is 9.45. The lowest BCUT2D eigenvalue weighted by Crippen LogP contribution is -2.23. The van der Waals surface area contributed by atoms with Crippen LogP contribution in [0, 0.1) is 0 Å². The number of hydrogen-bond acceptors (Lipinski definition) is 9. The van der Waals surface area contributed by atoms with E-state index in [1.165, 1.54) is 23.0 Å². The zero-order chi connectivity index (χ0) is 28.5. The first kappa shape index (κ1) is 28.5. The summed E-state index contributed by atoms with van der Waals surface area (Å²) in [7, 11) is 0. The highest BCUT2D eigenvalue weighted by atomic mass is 32.1. The van der Waals surface area contributed by atoms with Gasteiger partial charge in [-0.05, 0) is 36.2 Å². The van der Waals surface area contributed by atoms with Crippen LogP contribution in [0.4, 0.5) is 22.7 Å². The monoisotopic (exact) mass is 578 g/mol. The van der Waals surface area contributed by atoms with Crippen molar-refractivity contribution >= 4 is 28.3 Å². The zero-order valence-corrected chi connectivity index (χ0v) is 21.5. The molecule has 0 aliphatic carbocycles. The Morgan fingerprint density at radius 3 is 2.73 bits per heavy atom. The van der Waals surface area contributed by atoms with Gasteiger partial charge in [-0.3, -0.25) is 14.6 Å². The van der Waals surface area contributed by atoms with Gasteiger partial charge < -0.3 is 15.4 Å². The number of pyridine rings is 1. The van der Waals surface area contributed by atoms with E-state index in [1.807, 2.05) is 0 Å². The van der Waals surface area contributed by atoms with Gasteiger partial charge in [0.15, 0.2) is 5.69 Å². The molecule has 4 rings (SSSR count). The third-order valence-corrected chi connectivity index (χ3v) is 6.09. The number of nitrogens with zero attached hydrogens (tertiary/aromatic N) is 6. The maximum atomic E-state index is 14.6. The van der Waals surface area contributed by atoms with Crippen molar-refractivity contribution in [1.29, 1.82) is 0 Å². The molecule has 40 heavy (non-hydrogen) atoms. The molecule has 4 aromatic rings. The summed E-state index contributed by atoms with van der Waals surface area (Å²) in [6.45, 7) is 0.0900. The number of ether oxygens (including phenoxy) is 1. The van der Waals surface area contributed by atoms with Crippen molar-refractivity contribution < 1.29 is 31.9 Å². The molecular formula is C24H22F4N8O3S. The molecule has 0 spiro atoms. The van der Waals surface area contributed by atoms with Crippen molar-refractivity contribution in [3.05, 3.63) is 76.8 Å².